The number of carbonyl (C=O) groups excluding carboxylic acids is 1. The summed E-state index contributed by atoms with van der Waals surface area (Å²) in [6.45, 7) is 8.39. The monoisotopic (exact) mass is 260 g/mol. The number of rotatable bonds is 4. The van der Waals surface area contributed by atoms with Crippen LogP contribution in [0.25, 0.3) is 0 Å². The maximum atomic E-state index is 11.9. The summed E-state index contributed by atoms with van der Waals surface area (Å²) in [6.07, 6.45) is 1.30. The topological polar surface area (TPSA) is 46.5 Å². The van der Waals surface area contributed by atoms with Gasteiger partial charge in [0.2, 0.25) is 0 Å². The van der Waals surface area contributed by atoms with Gasteiger partial charge in [0.1, 0.15) is 0 Å². The lowest BCUT2D eigenvalue weighted by molar-refractivity contribution is -0.159. The Balaban J connectivity index is 2.82. The quantitative estimate of drug-likeness (QED) is 0.789. The smallest absolute Gasteiger partial charge is 0.311 e. The summed E-state index contributed by atoms with van der Waals surface area (Å²) in [4.78, 5) is 11.9. The Morgan fingerprint density at radius 3 is 2.53 bits per heavy atom. The van der Waals surface area contributed by atoms with Crippen molar-refractivity contribution in [3.05, 3.63) is 0 Å². The Morgan fingerprint density at radius 1 is 1.41 bits per heavy atom. The molecule has 100 valence electrons. The summed E-state index contributed by atoms with van der Waals surface area (Å²) in [6, 6.07) is 0. The Morgan fingerprint density at radius 2 is 2.06 bits per heavy atom. The van der Waals surface area contributed by atoms with E-state index >= 15 is 0 Å². The van der Waals surface area contributed by atoms with E-state index in [9.17, 15) is 9.90 Å². The lowest BCUT2D eigenvalue weighted by Crippen LogP contribution is -2.51. The maximum Gasteiger partial charge on any atom is 0.311 e. The summed E-state index contributed by atoms with van der Waals surface area (Å²) < 4.78 is 5.07. The molecule has 3 nitrogen and oxygen atoms in total. The molecule has 1 rings (SSSR count). The molecule has 1 aliphatic heterocycles. The molecule has 0 amide bonds. The number of carbonyl (C=O) groups is 1. The fraction of sp³-hybridized carbons (Fsp3) is 0.923. The van der Waals surface area contributed by atoms with Crippen LogP contribution in [0.15, 0.2) is 0 Å². The van der Waals surface area contributed by atoms with Crippen molar-refractivity contribution in [1.82, 2.24) is 0 Å². The van der Waals surface area contributed by atoms with Crippen LogP contribution >= 0.6 is 11.8 Å². The Hall–Kier alpha value is -0.220. The molecule has 0 aromatic carbocycles. The van der Waals surface area contributed by atoms with Crippen molar-refractivity contribution in [3.63, 3.8) is 0 Å². The fourth-order valence-electron chi connectivity index (χ4n) is 2.67. The Kier molecular flexibility index (Phi) is 4.90. The van der Waals surface area contributed by atoms with E-state index < -0.39 is 11.5 Å². The highest BCUT2D eigenvalue weighted by Crippen LogP contribution is 2.43. The van der Waals surface area contributed by atoms with Gasteiger partial charge >= 0.3 is 5.97 Å². The molecular weight excluding hydrogens is 236 g/mol. The van der Waals surface area contributed by atoms with Gasteiger partial charge in [-0.05, 0) is 30.9 Å². The van der Waals surface area contributed by atoms with Crippen LogP contribution in [-0.4, -0.2) is 34.8 Å². The highest BCUT2D eigenvalue weighted by molar-refractivity contribution is 7.99. The van der Waals surface area contributed by atoms with Gasteiger partial charge in [-0.25, -0.2) is 0 Å². The van der Waals surface area contributed by atoms with Gasteiger partial charge in [-0.1, -0.05) is 20.8 Å². The van der Waals surface area contributed by atoms with Gasteiger partial charge < -0.3 is 9.84 Å². The van der Waals surface area contributed by atoms with Gasteiger partial charge in [0.25, 0.3) is 0 Å². The number of esters is 1. The molecule has 17 heavy (non-hydrogen) atoms. The van der Waals surface area contributed by atoms with Gasteiger partial charge in [-0.3, -0.25) is 4.79 Å². The summed E-state index contributed by atoms with van der Waals surface area (Å²) in [5.74, 6) is 1.02. The molecule has 0 bridgehead atoms. The molecule has 0 spiro atoms. The van der Waals surface area contributed by atoms with Crippen LogP contribution in [0.3, 0.4) is 0 Å². The third kappa shape index (κ3) is 3.62. The first-order valence-corrected chi connectivity index (χ1v) is 7.47. The van der Waals surface area contributed by atoms with Crippen LogP contribution in [0.4, 0.5) is 0 Å². The summed E-state index contributed by atoms with van der Waals surface area (Å²) >= 11 is 1.73. The van der Waals surface area contributed by atoms with E-state index in [0.717, 1.165) is 5.75 Å². The molecule has 1 saturated heterocycles. The number of ether oxygens (including phenoxy) is 1. The van der Waals surface area contributed by atoms with Gasteiger partial charge in [0, 0.05) is 5.75 Å². The lowest BCUT2D eigenvalue weighted by atomic mass is 9.74. The molecular formula is C13H24O3S. The molecule has 1 fully saturated rings. The predicted octanol–water partition coefficient (Wildman–Crippen LogP) is 2.47. The van der Waals surface area contributed by atoms with Gasteiger partial charge in [0.15, 0.2) is 0 Å². The van der Waals surface area contributed by atoms with Crippen molar-refractivity contribution in [2.45, 2.75) is 46.1 Å². The van der Waals surface area contributed by atoms with E-state index in [1.807, 2.05) is 6.92 Å². The van der Waals surface area contributed by atoms with Gasteiger partial charge in [-0.2, -0.15) is 11.8 Å². The second-order valence-electron chi connectivity index (χ2n) is 5.65. The Bertz CT molecular complexity index is 278. The second-order valence-corrected chi connectivity index (χ2v) is 6.64. The van der Waals surface area contributed by atoms with Crippen LogP contribution in [0, 0.1) is 11.3 Å². The summed E-state index contributed by atoms with van der Waals surface area (Å²) in [5, 5.41) is 10.7. The highest BCUT2D eigenvalue weighted by Gasteiger charge is 2.47. The fourth-order valence-corrected chi connectivity index (χ4v) is 4.08. The van der Waals surface area contributed by atoms with E-state index in [0.29, 0.717) is 25.2 Å². The molecule has 1 N–H and O–H groups in total. The molecule has 0 radical (unpaired) electrons. The van der Waals surface area contributed by atoms with Crippen molar-refractivity contribution >= 4 is 17.7 Å². The Labute approximate surface area is 108 Å². The highest BCUT2D eigenvalue weighted by atomic mass is 32.2. The molecule has 0 aromatic rings. The largest absolute Gasteiger partial charge is 0.466 e. The predicted molar refractivity (Wildman–Crippen MR) is 71.1 cm³/mol. The zero-order valence-electron chi connectivity index (χ0n) is 11.3. The number of hydrogen-bond donors (Lipinski definition) is 1. The third-order valence-corrected chi connectivity index (χ3v) is 4.95. The number of aliphatic hydroxyl groups is 1. The van der Waals surface area contributed by atoms with Crippen LogP contribution in [-0.2, 0) is 9.53 Å². The standard InChI is InChI=1S/C13H24O3S/c1-5-10(11(14)16-6-2)13(15)7-12(3,4)8-17-9-13/h10,15H,5-9H2,1-4H3. The van der Waals surface area contributed by atoms with E-state index in [1.165, 1.54) is 0 Å². The molecule has 0 saturated carbocycles. The van der Waals surface area contributed by atoms with Crippen molar-refractivity contribution in [3.8, 4) is 0 Å². The minimum absolute atomic E-state index is 0.0809. The zero-order valence-corrected chi connectivity index (χ0v) is 12.1. The average molecular weight is 260 g/mol. The zero-order chi connectivity index (χ0) is 13.1. The first-order valence-electron chi connectivity index (χ1n) is 6.31. The van der Waals surface area contributed by atoms with Crippen molar-refractivity contribution in [1.29, 1.82) is 0 Å². The van der Waals surface area contributed by atoms with Crippen molar-refractivity contribution in [2.24, 2.45) is 11.3 Å². The van der Waals surface area contributed by atoms with E-state index in [1.54, 1.807) is 18.7 Å². The molecule has 1 aliphatic rings. The van der Waals surface area contributed by atoms with Crippen molar-refractivity contribution in [2.75, 3.05) is 18.1 Å². The second kappa shape index (κ2) is 5.61. The maximum absolute atomic E-state index is 11.9. The minimum Gasteiger partial charge on any atom is -0.466 e. The SMILES string of the molecule is CCOC(=O)C(CC)C1(O)CSCC(C)(C)C1. The normalized spacial score (nSPS) is 29.7. The van der Waals surface area contributed by atoms with Crippen LogP contribution in [0.5, 0.6) is 0 Å². The molecule has 1 heterocycles. The van der Waals surface area contributed by atoms with Crippen LogP contribution < -0.4 is 0 Å². The lowest BCUT2D eigenvalue weighted by Gasteiger charge is -2.44. The number of thioether (sulfide) groups is 1. The first kappa shape index (κ1) is 14.8. The van der Waals surface area contributed by atoms with Crippen LogP contribution in [0.1, 0.15) is 40.5 Å². The average Bonchev–Trinajstić information content (AvgIpc) is 2.16. The van der Waals surface area contributed by atoms with E-state index in [2.05, 4.69) is 13.8 Å². The third-order valence-electron chi connectivity index (χ3n) is 3.26. The molecule has 2 atom stereocenters. The minimum atomic E-state index is -0.909. The number of hydrogen-bond acceptors (Lipinski definition) is 4. The summed E-state index contributed by atoms with van der Waals surface area (Å²) in [5.41, 5.74) is -0.828. The van der Waals surface area contributed by atoms with Gasteiger partial charge in [0.05, 0.1) is 18.1 Å². The van der Waals surface area contributed by atoms with Gasteiger partial charge in [-0.15, -0.1) is 0 Å². The molecule has 0 aromatic heterocycles. The van der Waals surface area contributed by atoms with E-state index in [4.69, 9.17) is 4.74 Å². The summed E-state index contributed by atoms with van der Waals surface area (Å²) in [7, 11) is 0. The van der Waals surface area contributed by atoms with Crippen LogP contribution in [0.2, 0.25) is 0 Å². The molecule has 2 unspecified atom stereocenters. The van der Waals surface area contributed by atoms with Crippen molar-refractivity contribution < 1.29 is 14.6 Å². The van der Waals surface area contributed by atoms with E-state index in [-0.39, 0.29) is 11.4 Å². The molecule has 0 aliphatic carbocycles. The molecule has 4 heteroatoms. The first-order chi connectivity index (χ1) is 7.84.